The van der Waals surface area contributed by atoms with E-state index in [0.717, 1.165) is 21.2 Å². The minimum Gasteiger partial charge on any atom is -0.420 e. The topological polar surface area (TPSA) is 109 Å². The molecule has 0 aliphatic carbocycles. The van der Waals surface area contributed by atoms with Crippen LogP contribution < -0.4 is 15.4 Å². The van der Waals surface area contributed by atoms with Gasteiger partial charge in [-0.15, -0.1) is 11.3 Å². The molecule has 3 N–H and O–H groups in total. The number of pyridine rings is 1. The van der Waals surface area contributed by atoms with E-state index < -0.39 is 0 Å². The highest BCUT2D eigenvalue weighted by Gasteiger charge is 2.24. The van der Waals surface area contributed by atoms with Crippen molar-refractivity contribution >= 4 is 55.5 Å². The average molecular weight is 442 g/mol. The summed E-state index contributed by atoms with van der Waals surface area (Å²) in [5, 5.41) is 17.8. The second-order valence-corrected chi connectivity index (χ2v) is 8.34. The van der Waals surface area contributed by atoms with E-state index in [1.54, 1.807) is 6.07 Å². The number of amides is 1. The van der Waals surface area contributed by atoms with Crippen LogP contribution in [0.5, 0.6) is 11.8 Å². The van der Waals surface area contributed by atoms with Gasteiger partial charge in [-0.05, 0) is 36.7 Å². The molecule has 8 nitrogen and oxygen atoms in total. The number of aliphatic hydroxyl groups is 1. The maximum Gasteiger partial charge on any atom is 0.263 e. The highest BCUT2D eigenvalue weighted by atomic mass is 35.5. The number of fused-ring (bicyclic) bond motifs is 5. The number of aromatic nitrogens is 3. The number of ether oxygens (including phenoxy) is 1. The lowest BCUT2D eigenvalue weighted by molar-refractivity contribution is 0.0949. The zero-order valence-electron chi connectivity index (χ0n) is 15.8. The number of hydrogen-bond acceptors (Lipinski definition) is 8. The first-order valence-electron chi connectivity index (χ1n) is 9.24. The molecule has 3 aromatic heterocycles. The minimum absolute atomic E-state index is 0.0178. The lowest BCUT2D eigenvalue weighted by Gasteiger charge is -2.11. The van der Waals surface area contributed by atoms with Gasteiger partial charge in [0, 0.05) is 40.3 Å². The molecular weight excluding hydrogens is 426 g/mol. The third-order valence-corrected chi connectivity index (χ3v) is 6.17. The number of rotatable bonds is 3. The van der Waals surface area contributed by atoms with Gasteiger partial charge in [-0.3, -0.25) is 4.79 Å². The van der Waals surface area contributed by atoms with Gasteiger partial charge in [0.05, 0.1) is 23.4 Å². The normalized spacial score (nSPS) is 16.1. The van der Waals surface area contributed by atoms with Crippen LogP contribution in [0.3, 0.4) is 0 Å². The van der Waals surface area contributed by atoms with Crippen LogP contribution >= 0.6 is 22.9 Å². The summed E-state index contributed by atoms with van der Waals surface area (Å²) in [5.74, 6) is 0.399. The summed E-state index contributed by atoms with van der Waals surface area (Å²) in [7, 11) is 0. The zero-order valence-corrected chi connectivity index (χ0v) is 17.3. The highest BCUT2D eigenvalue weighted by molar-refractivity contribution is 7.21. The van der Waals surface area contributed by atoms with Crippen LogP contribution in [0.4, 0.5) is 5.69 Å². The lowest BCUT2D eigenvalue weighted by Crippen LogP contribution is -2.34. The molecule has 0 bridgehead atoms. The number of halogens is 1. The third-order valence-electron chi connectivity index (χ3n) is 4.83. The SMILES string of the molecule is CC1CNc2c(sc3ccc4nc(Oc5nc(Cl)ncc5CO)ccc4c23)C(=O)N1. The molecule has 1 aliphatic heterocycles. The van der Waals surface area contributed by atoms with Gasteiger partial charge in [0.15, 0.2) is 0 Å². The van der Waals surface area contributed by atoms with Crippen molar-refractivity contribution in [2.24, 2.45) is 0 Å². The predicted molar refractivity (Wildman–Crippen MR) is 116 cm³/mol. The van der Waals surface area contributed by atoms with E-state index in [2.05, 4.69) is 25.6 Å². The number of thiophene rings is 1. The average Bonchev–Trinajstić information content (AvgIpc) is 3.05. The van der Waals surface area contributed by atoms with E-state index in [1.165, 1.54) is 17.5 Å². The Hall–Kier alpha value is -3.01. The van der Waals surface area contributed by atoms with Crippen LogP contribution in [-0.4, -0.2) is 38.6 Å². The molecule has 1 aliphatic rings. The summed E-state index contributed by atoms with van der Waals surface area (Å²) in [4.78, 5) is 25.7. The van der Waals surface area contributed by atoms with Gasteiger partial charge in [-0.2, -0.15) is 4.98 Å². The van der Waals surface area contributed by atoms with Crippen molar-refractivity contribution in [2.75, 3.05) is 11.9 Å². The third kappa shape index (κ3) is 3.20. The molecule has 30 heavy (non-hydrogen) atoms. The van der Waals surface area contributed by atoms with Gasteiger partial charge in [0.25, 0.3) is 5.91 Å². The molecule has 1 amide bonds. The summed E-state index contributed by atoms with van der Waals surface area (Å²) in [6.07, 6.45) is 1.41. The predicted octanol–water partition coefficient (Wildman–Crippen LogP) is 3.72. The van der Waals surface area contributed by atoms with Gasteiger partial charge in [0.1, 0.15) is 4.88 Å². The van der Waals surface area contributed by atoms with Crippen molar-refractivity contribution in [1.82, 2.24) is 20.3 Å². The number of nitrogens with one attached hydrogen (secondary N) is 2. The molecule has 0 radical (unpaired) electrons. The Labute approximate surface area is 179 Å². The lowest BCUT2D eigenvalue weighted by atomic mass is 10.1. The Kier molecular flexibility index (Phi) is 4.65. The maximum atomic E-state index is 12.5. The van der Waals surface area contributed by atoms with E-state index in [0.29, 0.717) is 28.4 Å². The molecular formula is C20H16ClN5O3S. The van der Waals surface area contributed by atoms with Gasteiger partial charge in [-0.1, -0.05) is 0 Å². The van der Waals surface area contributed by atoms with Crippen molar-refractivity contribution < 1.29 is 14.6 Å². The van der Waals surface area contributed by atoms with Crippen LogP contribution in [-0.2, 0) is 6.61 Å². The number of benzene rings is 1. The van der Waals surface area contributed by atoms with Crippen molar-refractivity contribution in [1.29, 1.82) is 0 Å². The zero-order chi connectivity index (χ0) is 20.8. The Balaban J connectivity index is 1.60. The van der Waals surface area contributed by atoms with E-state index >= 15 is 0 Å². The Morgan fingerprint density at radius 3 is 3.00 bits per heavy atom. The van der Waals surface area contributed by atoms with Crippen molar-refractivity contribution in [3.63, 3.8) is 0 Å². The van der Waals surface area contributed by atoms with Gasteiger partial charge in [-0.25, -0.2) is 9.97 Å². The summed E-state index contributed by atoms with van der Waals surface area (Å²) in [6.45, 7) is 2.33. The summed E-state index contributed by atoms with van der Waals surface area (Å²) >= 11 is 7.31. The molecule has 5 rings (SSSR count). The molecule has 1 atom stereocenters. The number of carbonyl (C=O) groups excluding carboxylic acids is 1. The molecule has 0 fully saturated rings. The molecule has 152 valence electrons. The number of anilines is 1. The largest absolute Gasteiger partial charge is 0.420 e. The highest BCUT2D eigenvalue weighted by Crippen LogP contribution is 2.41. The fourth-order valence-corrected chi connectivity index (χ4v) is 4.65. The summed E-state index contributed by atoms with van der Waals surface area (Å²) in [5.41, 5.74) is 1.96. The molecule has 4 aromatic rings. The fraction of sp³-hybridized carbons (Fsp3) is 0.200. The van der Waals surface area contributed by atoms with Gasteiger partial charge < -0.3 is 20.5 Å². The minimum atomic E-state index is -0.284. The Morgan fingerprint density at radius 1 is 1.30 bits per heavy atom. The molecule has 10 heteroatoms. The smallest absolute Gasteiger partial charge is 0.263 e. The van der Waals surface area contributed by atoms with Crippen molar-refractivity contribution in [2.45, 2.75) is 19.6 Å². The standard InChI is InChI=1S/C20H16ClN5O3S/c1-9-6-22-16-15-11-2-5-14(29-19-10(8-27)7-23-20(21)26-19)25-12(11)3-4-13(15)30-17(16)18(28)24-9/h2-5,7,9,22,27H,6,8H2,1H3,(H,24,28). The molecule has 1 aromatic carbocycles. The van der Waals surface area contributed by atoms with Crippen LogP contribution in [0, 0.1) is 0 Å². The Bertz CT molecular complexity index is 1310. The van der Waals surface area contributed by atoms with E-state index in [9.17, 15) is 9.90 Å². The Morgan fingerprint density at radius 2 is 2.17 bits per heavy atom. The van der Waals surface area contributed by atoms with Crippen LogP contribution in [0.1, 0.15) is 22.2 Å². The number of hydrogen-bond donors (Lipinski definition) is 3. The first kappa shape index (κ1) is 19.0. The molecule has 0 spiro atoms. The van der Waals surface area contributed by atoms with Crippen molar-refractivity contribution in [3.05, 3.63) is 46.2 Å². The monoisotopic (exact) mass is 441 g/mol. The van der Waals surface area contributed by atoms with Crippen LogP contribution in [0.25, 0.3) is 21.0 Å². The van der Waals surface area contributed by atoms with E-state index in [-0.39, 0.29) is 29.7 Å². The number of aliphatic hydroxyl groups excluding tert-OH is 1. The number of carbonyl (C=O) groups is 1. The van der Waals surface area contributed by atoms with Crippen molar-refractivity contribution in [3.8, 4) is 11.8 Å². The first-order valence-corrected chi connectivity index (χ1v) is 10.4. The van der Waals surface area contributed by atoms with Gasteiger partial charge >= 0.3 is 0 Å². The summed E-state index contributed by atoms with van der Waals surface area (Å²) in [6, 6.07) is 7.51. The summed E-state index contributed by atoms with van der Waals surface area (Å²) < 4.78 is 6.77. The maximum absolute atomic E-state index is 12.5. The fourth-order valence-electron chi connectivity index (χ4n) is 3.43. The molecule has 1 unspecified atom stereocenters. The molecule has 0 saturated heterocycles. The quantitative estimate of drug-likeness (QED) is 0.415. The van der Waals surface area contributed by atoms with Crippen LogP contribution in [0.2, 0.25) is 5.28 Å². The number of nitrogens with zero attached hydrogens (tertiary/aromatic N) is 3. The first-order chi connectivity index (χ1) is 14.5. The van der Waals surface area contributed by atoms with E-state index in [4.69, 9.17) is 16.3 Å². The second-order valence-electron chi connectivity index (χ2n) is 6.95. The molecule has 4 heterocycles. The van der Waals surface area contributed by atoms with E-state index in [1.807, 2.05) is 25.1 Å². The molecule has 0 saturated carbocycles. The van der Waals surface area contributed by atoms with Crippen LogP contribution in [0.15, 0.2) is 30.5 Å². The van der Waals surface area contributed by atoms with Gasteiger partial charge in [0.2, 0.25) is 17.0 Å². The second kappa shape index (κ2) is 7.35.